The van der Waals surface area contributed by atoms with Crippen LogP contribution < -0.4 is 5.73 Å². The zero-order chi connectivity index (χ0) is 14.1. The van der Waals surface area contributed by atoms with Crippen LogP contribution in [0.3, 0.4) is 0 Å². The first-order valence-corrected chi connectivity index (χ1v) is 6.99. The Labute approximate surface area is 118 Å². The number of hydrogen-bond donors (Lipinski definition) is 2. The minimum absolute atomic E-state index is 0.809. The van der Waals surface area contributed by atoms with Crippen molar-refractivity contribution in [2.24, 2.45) is 0 Å². The summed E-state index contributed by atoms with van der Waals surface area (Å²) >= 11 is 0. The average molecular weight is 265 g/mol. The molecule has 102 valence electrons. The number of aryl methyl sites for hydroxylation is 2. The van der Waals surface area contributed by atoms with Gasteiger partial charge in [-0.2, -0.15) is 0 Å². The van der Waals surface area contributed by atoms with Gasteiger partial charge in [-0.05, 0) is 36.6 Å². The summed E-state index contributed by atoms with van der Waals surface area (Å²) in [5, 5.41) is 0. The Morgan fingerprint density at radius 3 is 2.45 bits per heavy atom. The van der Waals surface area contributed by atoms with Crippen LogP contribution in [0.5, 0.6) is 0 Å². The van der Waals surface area contributed by atoms with Crippen LogP contribution in [0.4, 0.5) is 5.69 Å². The molecule has 1 aromatic heterocycles. The van der Waals surface area contributed by atoms with Gasteiger partial charge >= 0.3 is 0 Å². The Kier molecular flexibility index (Phi) is 3.18. The normalized spacial score (nSPS) is 11.1. The van der Waals surface area contributed by atoms with Gasteiger partial charge in [-0.1, -0.05) is 31.2 Å². The van der Waals surface area contributed by atoms with Crippen molar-refractivity contribution in [3.63, 3.8) is 0 Å². The number of benzene rings is 2. The molecular formula is C17H19N3. The Morgan fingerprint density at radius 1 is 1.05 bits per heavy atom. The fraction of sp³-hybridized carbons (Fsp3) is 0.235. The van der Waals surface area contributed by atoms with Crippen LogP contribution in [-0.2, 0) is 12.8 Å². The number of nitrogens with zero attached hydrogens (tertiary/aromatic N) is 1. The number of anilines is 1. The minimum atomic E-state index is 0.809. The van der Waals surface area contributed by atoms with Gasteiger partial charge in [-0.25, -0.2) is 4.98 Å². The van der Waals surface area contributed by atoms with E-state index in [2.05, 4.69) is 41.2 Å². The topological polar surface area (TPSA) is 54.7 Å². The summed E-state index contributed by atoms with van der Waals surface area (Å²) in [4.78, 5) is 7.83. The number of nitrogens with two attached hydrogens (primary N) is 1. The fourth-order valence-electron chi connectivity index (χ4n) is 2.55. The number of fused-ring (bicyclic) bond motifs is 1. The first-order valence-electron chi connectivity index (χ1n) is 6.99. The van der Waals surface area contributed by atoms with Gasteiger partial charge < -0.3 is 10.7 Å². The van der Waals surface area contributed by atoms with Gasteiger partial charge in [0.15, 0.2) is 0 Å². The van der Waals surface area contributed by atoms with Crippen molar-refractivity contribution in [3.05, 3.63) is 58.9 Å². The molecule has 0 fully saturated rings. The van der Waals surface area contributed by atoms with Crippen LogP contribution in [-0.4, -0.2) is 9.97 Å². The monoisotopic (exact) mass is 265 g/mol. The largest absolute Gasteiger partial charge is 0.398 e. The lowest BCUT2D eigenvalue weighted by atomic mass is 10.0. The molecule has 0 aliphatic rings. The first kappa shape index (κ1) is 12.7. The molecule has 0 saturated heterocycles. The molecule has 3 nitrogen and oxygen atoms in total. The van der Waals surface area contributed by atoms with E-state index in [1.165, 1.54) is 11.1 Å². The highest BCUT2D eigenvalue weighted by Crippen LogP contribution is 2.25. The number of nitrogen functional groups attached to an aromatic ring is 1. The maximum absolute atomic E-state index is 6.15. The summed E-state index contributed by atoms with van der Waals surface area (Å²) in [5.74, 6) is 0.924. The van der Waals surface area contributed by atoms with Crippen molar-refractivity contribution in [1.82, 2.24) is 9.97 Å². The van der Waals surface area contributed by atoms with Crippen LogP contribution in [0, 0.1) is 6.92 Å². The quantitative estimate of drug-likeness (QED) is 0.711. The van der Waals surface area contributed by atoms with Crippen LogP contribution >= 0.6 is 0 Å². The molecule has 3 N–H and O–H groups in total. The average Bonchev–Trinajstić information content (AvgIpc) is 2.84. The molecule has 0 aliphatic carbocycles. The highest BCUT2D eigenvalue weighted by Gasteiger charge is 2.10. The Morgan fingerprint density at radius 2 is 1.75 bits per heavy atom. The molecule has 0 bridgehead atoms. The number of imidazole rings is 1. The van der Waals surface area contributed by atoms with Crippen molar-refractivity contribution in [2.45, 2.75) is 26.7 Å². The maximum atomic E-state index is 6.15. The number of H-pyrrole nitrogens is 1. The minimum Gasteiger partial charge on any atom is -0.398 e. The second-order valence-electron chi connectivity index (χ2n) is 5.20. The van der Waals surface area contributed by atoms with E-state index in [9.17, 15) is 0 Å². The van der Waals surface area contributed by atoms with Gasteiger partial charge in [-0.15, -0.1) is 0 Å². The third-order valence-electron chi connectivity index (χ3n) is 3.73. The number of nitrogens with one attached hydrogen (secondary N) is 1. The molecule has 3 heteroatoms. The molecule has 0 aliphatic heterocycles. The van der Waals surface area contributed by atoms with E-state index in [0.29, 0.717) is 0 Å². The number of aromatic nitrogens is 2. The predicted molar refractivity (Wildman–Crippen MR) is 83.9 cm³/mol. The van der Waals surface area contributed by atoms with Crippen LogP contribution in [0.15, 0.2) is 36.4 Å². The van der Waals surface area contributed by atoms with E-state index < -0.39 is 0 Å². The van der Waals surface area contributed by atoms with Gasteiger partial charge in [0.1, 0.15) is 5.82 Å². The van der Waals surface area contributed by atoms with Crippen molar-refractivity contribution in [2.75, 3.05) is 5.73 Å². The Hall–Kier alpha value is -2.29. The third kappa shape index (κ3) is 2.27. The lowest BCUT2D eigenvalue weighted by Gasteiger charge is -2.07. The van der Waals surface area contributed by atoms with E-state index in [-0.39, 0.29) is 0 Å². The van der Waals surface area contributed by atoms with Crippen molar-refractivity contribution in [3.8, 4) is 0 Å². The van der Waals surface area contributed by atoms with E-state index in [1.54, 1.807) is 0 Å². The summed E-state index contributed by atoms with van der Waals surface area (Å²) in [6, 6.07) is 12.7. The second-order valence-corrected chi connectivity index (χ2v) is 5.20. The lowest BCUT2D eigenvalue weighted by Crippen LogP contribution is -1.97. The van der Waals surface area contributed by atoms with Crippen molar-refractivity contribution < 1.29 is 0 Å². The molecular weight excluding hydrogens is 246 g/mol. The molecule has 3 aromatic rings. The molecule has 3 rings (SSSR count). The second kappa shape index (κ2) is 5.00. The van der Waals surface area contributed by atoms with E-state index in [4.69, 9.17) is 5.73 Å². The highest BCUT2D eigenvalue weighted by atomic mass is 14.9. The summed E-state index contributed by atoms with van der Waals surface area (Å²) in [7, 11) is 0. The molecule has 0 radical (unpaired) electrons. The van der Waals surface area contributed by atoms with Crippen LogP contribution in [0.2, 0.25) is 0 Å². The molecule has 0 spiro atoms. The fourth-order valence-corrected chi connectivity index (χ4v) is 2.55. The molecule has 0 unspecified atom stereocenters. The van der Waals surface area contributed by atoms with Crippen LogP contribution in [0.25, 0.3) is 11.0 Å². The summed E-state index contributed by atoms with van der Waals surface area (Å²) in [5.41, 5.74) is 12.7. The molecule has 0 amide bonds. The highest BCUT2D eigenvalue weighted by molar-refractivity contribution is 5.84. The summed E-state index contributed by atoms with van der Waals surface area (Å²) in [6.45, 7) is 4.14. The number of hydrogen-bond acceptors (Lipinski definition) is 2. The van der Waals surface area contributed by atoms with Crippen molar-refractivity contribution >= 4 is 16.7 Å². The lowest BCUT2D eigenvalue weighted by molar-refractivity contribution is 1.12. The summed E-state index contributed by atoms with van der Waals surface area (Å²) < 4.78 is 0. The Balaban J connectivity index is 2.02. The first-order chi connectivity index (χ1) is 9.67. The smallest absolute Gasteiger partial charge is 0.104 e. The zero-order valence-electron chi connectivity index (χ0n) is 11.9. The molecule has 2 aromatic carbocycles. The van der Waals surface area contributed by atoms with Gasteiger partial charge in [0, 0.05) is 17.7 Å². The van der Waals surface area contributed by atoms with Gasteiger partial charge in [0.2, 0.25) is 0 Å². The predicted octanol–water partition coefficient (Wildman–Crippen LogP) is 3.61. The Bertz CT molecular complexity index is 739. The van der Waals surface area contributed by atoms with E-state index in [0.717, 1.165) is 41.0 Å². The standard InChI is InChI=1S/C17H19N3/c1-3-12-4-6-13(7-5-12)10-14-15(18)8-9-16-17(14)20-11(2)19-16/h4-9H,3,10,18H2,1-2H3,(H,19,20). The maximum Gasteiger partial charge on any atom is 0.104 e. The summed E-state index contributed by atoms with van der Waals surface area (Å²) in [6.07, 6.45) is 1.88. The molecule has 1 heterocycles. The molecule has 0 saturated carbocycles. The van der Waals surface area contributed by atoms with Crippen LogP contribution in [0.1, 0.15) is 29.4 Å². The number of aromatic amines is 1. The zero-order valence-corrected chi connectivity index (χ0v) is 11.9. The van der Waals surface area contributed by atoms with Gasteiger partial charge in [-0.3, -0.25) is 0 Å². The SMILES string of the molecule is CCc1ccc(Cc2c(N)ccc3[nH]c(C)nc23)cc1. The molecule has 20 heavy (non-hydrogen) atoms. The third-order valence-corrected chi connectivity index (χ3v) is 3.73. The molecule has 0 atom stereocenters. The number of rotatable bonds is 3. The van der Waals surface area contributed by atoms with Crippen molar-refractivity contribution in [1.29, 1.82) is 0 Å². The van der Waals surface area contributed by atoms with E-state index >= 15 is 0 Å². The van der Waals surface area contributed by atoms with Gasteiger partial charge in [0.25, 0.3) is 0 Å². The van der Waals surface area contributed by atoms with E-state index in [1.807, 2.05) is 19.1 Å². The van der Waals surface area contributed by atoms with Gasteiger partial charge in [0.05, 0.1) is 11.0 Å².